The van der Waals surface area contributed by atoms with E-state index in [2.05, 4.69) is 0 Å². The Morgan fingerprint density at radius 2 is 2.20 bits per heavy atom. The van der Waals surface area contributed by atoms with Crippen molar-refractivity contribution in [3.63, 3.8) is 0 Å². The van der Waals surface area contributed by atoms with E-state index in [9.17, 15) is 4.79 Å². The van der Waals surface area contributed by atoms with E-state index in [1.807, 2.05) is 0 Å². The van der Waals surface area contributed by atoms with Gasteiger partial charge in [-0.3, -0.25) is 4.79 Å². The lowest BCUT2D eigenvalue weighted by molar-refractivity contribution is 0.0497. The molecule has 20 heavy (non-hydrogen) atoms. The predicted molar refractivity (Wildman–Crippen MR) is 76.4 cm³/mol. The zero-order valence-electron chi connectivity index (χ0n) is 11.2. The topological polar surface area (TPSA) is 79.7 Å². The zero-order chi connectivity index (χ0) is 14.1. The van der Waals surface area contributed by atoms with Crippen molar-refractivity contribution in [2.45, 2.75) is 25.3 Å². The van der Waals surface area contributed by atoms with Crippen LogP contribution >= 0.6 is 0 Å². The molecule has 1 fully saturated rings. The Hall–Kier alpha value is -2.01. The van der Waals surface area contributed by atoms with Crippen molar-refractivity contribution in [2.75, 3.05) is 18.9 Å². The van der Waals surface area contributed by atoms with Crippen molar-refractivity contribution < 1.29 is 14.3 Å². The fourth-order valence-electron chi connectivity index (χ4n) is 2.56. The van der Waals surface area contributed by atoms with Gasteiger partial charge in [0, 0.05) is 23.7 Å². The first-order chi connectivity index (χ1) is 9.69. The van der Waals surface area contributed by atoms with Crippen LogP contribution in [0.1, 0.15) is 29.8 Å². The highest BCUT2D eigenvalue weighted by Gasteiger charge is 2.30. The Morgan fingerprint density at radius 1 is 1.40 bits per heavy atom. The fraction of sp³-hybridized carbons (Fsp3) is 0.400. The number of nitrogens with two attached hydrogens (primary N) is 1. The first kappa shape index (κ1) is 13.0. The lowest BCUT2D eigenvalue weighted by Crippen LogP contribution is -2.45. The number of fused-ring (bicyclic) bond motifs is 1. The van der Waals surface area contributed by atoms with E-state index in [4.69, 9.17) is 15.3 Å². The number of aliphatic hydroxyl groups is 1. The molecule has 0 bridgehead atoms. The summed E-state index contributed by atoms with van der Waals surface area (Å²) in [4.78, 5) is 14.2. The number of furan rings is 1. The minimum atomic E-state index is -0.154. The van der Waals surface area contributed by atoms with Crippen LogP contribution in [0.3, 0.4) is 0 Å². The fourth-order valence-corrected chi connectivity index (χ4v) is 2.56. The van der Waals surface area contributed by atoms with Gasteiger partial charge in [-0.25, -0.2) is 0 Å². The molecule has 1 aliphatic rings. The van der Waals surface area contributed by atoms with Crippen molar-refractivity contribution in [3.05, 3.63) is 30.0 Å². The van der Waals surface area contributed by atoms with Crippen molar-refractivity contribution >= 4 is 22.6 Å². The predicted octanol–water partition coefficient (Wildman–Crippen LogP) is 2.00. The molecule has 1 saturated carbocycles. The SMILES string of the molecule is Nc1ccc2oc(C(=O)N(CCO)C3CCC3)cc2c1. The van der Waals surface area contributed by atoms with Crippen LogP contribution in [0.15, 0.2) is 28.7 Å². The second kappa shape index (κ2) is 5.17. The van der Waals surface area contributed by atoms with Gasteiger partial charge in [-0.1, -0.05) is 0 Å². The van der Waals surface area contributed by atoms with E-state index in [-0.39, 0.29) is 18.6 Å². The first-order valence-corrected chi connectivity index (χ1v) is 6.90. The standard InChI is InChI=1S/C15H18N2O3/c16-11-4-5-13-10(8-11)9-14(20-13)15(19)17(6-7-18)12-2-1-3-12/h4-5,8-9,12,18H,1-3,6-7,16H2. The molecule has 0 saturated heterocycles. The Labute approximate surface area is 117 Å². The maximum atomic E-state index is 12.5. The zero-order valence-corrected chi connectivity index (χ0v) is 11.2. The molecule has 0 atom stereocenters. The molecule has 0 radical (unpaired) electrons. The van der Waals surface area contributed by atoms with Gasteiger partial charge in [0.05, 0.1) is 6.61 Å². The molecule has 106 valence electrons. The van der Waals surface area contributed by atoms with Crippen LogP contribution in [0, 0.1) is 0 Å². The van der Waals surface area contributed by atoms with E-state index in [0.717, 1.165) is 24.6 Å². The highest BCUT2D eigenvalue weighted by Crippen LogP contribution is 2.28. The Bertz CT molecular complexity index is 631. The summed E-state index contributed by atoms with van der Waals surface area (Å²) in [6, 6.07) is 7.25. The van der Waals surface area contributed by atoms with E-state index < -0.39 is 0 Å². The van der Waals surface area contributed by atoms with Gasteiger partial charge >= 0.3 is 0 Å². The normalized spacial score (nSPS) is 15.2. The highest BCUT2D eigenvalue weighted by molar-refractivity contribution is 5.96. The van der Waals surface area contributed by atoms with Crippen LogP contribution in [0.4, 0.5) is 5.69 Å². The van der Waals surface area contributed by atoms with Gasteiger partial charge < -0.3 is 20.2 Å². The van der Waals surface area contributed by atoms with E-state index >= 15 is 0 Å². The minimum Gasteiger partial charge on any atom is -0.451 e. The lowest BCUT2D eigenvalue weighted by Gasteiger charge is -2.36. The summed E-state index contributed by atoms with van der Waals surface area (Å²) in [5, 5.41) is 9.96. The molecule has 0 aliphatic heterocycles. The first-order valence-electron chi connectivity index (χ1n) is 6.90. The quantitative estimate of drug-likeness (QED) is 0.836. The summed E-state index contributed by atoms with van der Waals surface area (Å²) in [7, 11) is 0. The molecule has 5 heteroatoms. The van der Waals surface area contributed by atoms with Gasteiger partial charge in [-0.05, 0) is 43.5 Å². The number of aliphatic hydroxyl groups excluding tert-OH is 1. The summed E-state index contributed by atoms with van der Waals surface area (Å²) in [5.74, 6) is 0.157. The number of carbonyl (C=O) groups excluding carboxylic acids is 1. The van der Waals surface area contributed by atoms with E-state index in [1.54, 1.807) is 29.2 Å². The van der Waals surface area contributed by atoms with Gasteiger partial charge in [0.25, 0.3) is 5.91 Å². The summed E-state index contributed by atoms with van der Waals surface area (Å²) >= 11 is 0. The van der Waals surface area contributed by atoms with Crippen LogP contribution in [-0.4, -0.2) is 35.1 Å². The van der Waals surface area contributed by atoms with Gasteiger partial charge in [0.1, 0.15) is 5.58 Å². The molecule has 1 amide bonds. The third-order valence-electron chi connectivity index (χ3n) is 3.87. The van der Waals surface area contributed by atoms with Crippen LogP contribution in [0.25, 0.3) is 11.0 Å². The number of nitrogen functional groups attached to an aromatic ring is 1. The van der Waals surface area contributed by atoms with Crippen molar-refractivity contribution in [3.8, 4) is 0 Å². The summed E-state index contributed by atoms with van der Waals surface area (Å²) in [6.07, 6.45) is 3.13. The number of rotatable bonds is 4. The maximum Gasteiger partial charge on any atom is 0.289 e. The maximum absolute atomic E-state index is 12.5. The second-order valence-corrected chi connectivity index (χ2v) is 5.21. The highest BCUT2D eigenvalue weighted by atomic mass is 16.3. The van der Waals surface area contributed by atoms with Crippen LogP contribution < -0.4 is 5.73 Å². The summed E-state index contributed by atoms with van der Waals surface area (Å²) in [6.45, 7) is 0.318. The molecular formula is C15H18N2O3. The molecule has 1 aromatic carbocycles. The van der Waals surface area contributed by atoms with Crippen LogP contribution in [0.2, 0.25) is 0 Å². The van der Waals surface area contributed by atoms with Gasteiger partial charge in [0.15, 0.2) is 5.76 Å². The molecule has 1 aliphatic carbocycles. The minimum absolute atomic E-state index is 0.0323. The van der Waals surface area contributed by atoms with Crippen LogP contribution in [0.5, 0.6) is 0 Å². The van der Waals surface area contributed by atoms with Crippen molar-refractivity contribution in [2.24, 2.45) is 0 Å². The number of nitrogens with zero attached hydrogens (tertiary/aromatic N) is 1. The van der Waals surface area contributed by atoms with Crippen molar-refractivity contribution in [1.29, 1.82) is 0 Å². The smallest absolute Gasteiger partial charge is 0.289 e. The largest absolute Gasteiger partial charge is 0.451 e. The molecule has 5 nitrogen and oxygen atoms in total. The molecule has 0 spiro atoms. The van der Waals surface area contributed by atoms with Crippen molar-refractivity contribution in [1.82, 2.24) is 4.90 Å². The second-order valence-electron chi connectivity index (χ2n) is 5.21. The molecular weight excluding hydrogens is 256 g/mol. The molecule has 3 N–H and O–H groups in total. The average molecular weight is 274 g/mol. The summed E-state index contributed by atoms with van der Waals surface area (Å²) < 4.78 is 5.60. The third-order valence-corrected chi connectivity index (χ3v) is 3.87. The number of anilines is 1. The number of carbonyl (C=O) groups is 1. The molecule has 1 aromatic heterocycles. The lowest BCUT2D eigenvalue weighted by atomic mass is 9.91. The van der Waals surface area contributed by atoms with E-state index in [0.29, 0.717) is 23.6 Å². The molecule has 2 aromatic rings. The average Bonchev–Trinajstić information content (AvgIpc) is 2.78. The van der Waals surface area contributed by atoms with Gasteiger partial charge in [-0.15, -0.1) is 0 Å². The number of amides is 1. The number of benzene rings is 1. The Kier molecular flexibility index (Phi) is 3.36. The Morgan fingerprint density at radius 3 is 2.85 bits per heavy atom. The number of hydrogen-bond donors (Lipinski definition) is 2. The Balaban J connectivity index is 1.89. The third kappa shape index (κ3) is 2.25. The van der Waals surface area contributed by atoms with Crippen LogP contribution in [-0.2, 0) is 0 Å². The molecule has 3 rings (SSSR count). The van der Waals surface area contributed by atoms with E-state index in [1.165, 1.54) is 0 Å². The summed E-state index contributed by atoms with van der Waals surface area (Å²) in [5.41, 5.74) is 7.02. The molecule has 0 unspecified atom stereocenters. The molecule has 1 heterocycles. The number of hydrogen-bond acceptors (Lipinski definition) is 4. The monoisotopic (exact) mass is 274 g/mol. The van der Waals surface area contributed by atoms with Gasteiger partial charge in [0.2, 0.25) is 0 Å². The van der Waals surface area contributed by atoms with Gasteiger partial charge in [-0.2, -0.15) is 0 Å².